The minimum atomic E-state index is -1.33. The summed E-state index contributed by atoms with van der Waals surface area (Å²) in [6, 6.07) is 3.59. The van der Waals surface area contributed by atoms with Crippen LogP contribution in [0.1, 0.15) is 98.9 Å². The molecule has 2 aliphatic heterocycles. The largest absolute Gasteiger partial charge is 0.466 e. The molecule has 0 spiro atoms. The van der Waals surface area contributed by atoms with Crippen LogP contribution in [0.3, 0.4) is 0 Å². The zero-order valence-electron chi connectivity index (χ0n) is 28.0. The lowest BCUT2D eigenvalue weighted by Crippen LogP contribution is -2.59. The van der Waals surface area contributed by atoms with Gasteiger partial charge >= 0.3 is 0 Å². The average Bonchev–Trinajstić information content (AvgIpc) is 3.58. The Balaban J connectivity index is 1.35. The van der Waals surface area contributed by atoms with Crippen LogP contribution >= 0.6 is 0 Å². The second kappa shape index (κ2) is 15.0. The molecule has 3 heterocycles. The normalized spacial score (nSPS) is 20.0. The van der Waals surface area contributed by atoms with E-state index in [1.165, 1.54) is 18.4 Å². The number of benzene rings is 1. The molecule has 1 saturated carbocycles. The van der Waals surface area contributed by atoms with E-state index in [0.717, 1.165) is 51.6 Å². The number of rotatable bonds is 10. The Morgan fingerprint density at radius 2 is 1.74 bits per heavy atom. The number of hydrogen-bond acceptors (Lipinski definition) is 7. The Hall–Kier alpha value is -3.77. The molecule has 4 amide bonds. The van der Waals surface area contributed by atoms with E-state index in [9.17, 15) is 19.2 Å². The minimum absolute atomic E-state index is 0.0304. The van der Waals surface area contributed by atoms with Gasteiger partial charge in [-0.25, -0.2) is 4.39 Å². The Morgan fingerprint density at radius 1 is 1.04 bits per heavy atom. The molecule has 0 bridgehead atoms. The summed E-state index contributed by atoms with van der Waals surface area (Å²) in [5.74, 6) is -2.16. The van der Waals surface area contributed by atoms with E-state index in [-0.39, 0.29) is 36.4 Å². The molecule has 3 N–H and O–H groups in total. The molecule has 1 aromatic carbocycles. The van der Waals surface area contributed by atoms with Gasteiger partial charge in [-0.05, 0) is 50.4 Å². The zero-order chi connectivity index (χ0) is 33.7. The van der Waals surface area contributed by atoms with E-state index >= 15 is 4.39 Å². The lowest BCUT2D eigenvalue weighted by molar-refractivity contribution is -0.138. The highest BCUT2D eigenvalue weighted by Crippen LogP contribution is 2.35. The highest BCUT2D eigenvalue weighted by molar-refractivity contribution is 6.04. The summed E-state index contributed by atoms with van der Waals surface area (Å²) in [6.45, 7) is 8.35. The van der Waals surface area contributed by atoms with Crippen LogP contribution in [0, 0.1) is 11.7 Å². The molecule has 256 valence electrons. The first-order valence-electron chi connectivity index (χ1n) is 16.9. The van der Waals surface area contributed by atoms with E-state index in [1.54, 1.807) is 31.7 Å². The lowest BCUT2D eigenvalue weighted by Gasteiger charge is -2.37. The first kappa shape index (κ1) is 34.6. The van der Waals surface area contributed by atoms with Gasteiger partial charge in [-0.3, -0.25) is 19.2 Å². The van der Waals surface area contributed by atoms with Crippen LogP contribution in [-0.4, -0.2) is 78.2 Å². The molecule has 1 saturated heterocycles. The number of nitrogens with one attached hydrogen (secondary N) is 3. The standard InChI is InChI=1S/C35H48FN5O6/c1-5-30(42)38-31(33(44)41-16-14-40(4)15-17-41)22(2)23-12-13-28(27(36)18-23)37-34(45)35(3,24-10-8-6-7-9-11-24)39-32(43)26-20-47-29-21-46-19-25(26)29/h12-13,18,20,22,24,31H,5-11,14-17,19,21H2,1-4H3,(H,37,45)(H,38,42)(H,39,43)/t22-,31+,35+/m0/s1. The van der Waals surface area contributed by atoms with E-state index in [2.05, 4.69) is 20.9 Å². The van der Waals surface area contributed by atoms with Crippen molar-refractivity contribution >= 4 is 29.3 Å². The number of anilines is 1. The fraction of sp³-hybridized carbons (Fsp3) is 0.600. The number of amides is 4. The van der Waals surface area contributed by atoms with Gasteiger partial charge in [0.1, 0.15) is 36.0 Å². The number of carbonyl (C=O) groups excluding carboxylic acids is 4. The van der Waals surface area contributed by atoms with Crippen molar-refractivity contribution in [3.63, 3.8) is 0 Å². The quantitative estimate of drug-likeness (QED) is 0.326. The summed E-state index contributed by atoms with van der Waals surface area (Å²) in [7, 11) is 2.00. The van der Waals surface area contributed by atoms with Crippen LogP contribution in [0.25, 0.3) is 0 Å². The van der Waals surface area contributed by atoms with Gasteiger partial charge in [-0.15, -0.1) is 0 Å². The molecular formula is C35H48FN5O6. The molecule has 2 aromatic rings. The molecule has 0 unspecified atom stereocenters. The number of carbonyl (C=O) groups is 4. The van der Waals surface area contributed by atoms with E-state index in [0.29, 0.717) is 42.1 Å². The highest BCUT2D eigenvalue weighted by atomic mass is 19.1. The third-order valence-corrected chi connectivity index (χ3v) is 10.2. The molecule has 11 nitrogen and oxygen atoms in total. The maximum atomic E-state index is 15.8. The monoisotopic (exact) mass is 653 g/mol. The summed E-state index contributed by atoms with van der Waals surface area (Å²) in [5, 5.41) is 8.62. The molecule has 47 heavy (non-hydrogen) atoms. The molecule has 1 aromatic heterocycles. The number of ether oxygens (including phenoxy) is 1. The summed E-state index contributed by atoms with van der Waals surface area (Å²) >= 11 is 0. The molecule has 5 rings (SSSR count). The number of fused-ring (bicyclic) bond motifs is 1. The number of nitrogens with zero attached hydrogens (tertiary/aromatic N) is 2. The van der Waals surface area contributed by atoms with Crippen LogP contribution in [0.2, 0.25) is 0 Å². The second-order valence-electron chi connectivity index (χ2n) is 13.4. The Bertz CT molecular complexity index is 1460. The predicted octanol–water partition coefficient (Wildman–Crippen LogP) is 4.32. The fourth-order valence-electron chi connectivity index (χ4n) is 6.90. The highest BCUT2D eigenvalue weighted by Gasteiger charge is 2.44. The number of likely N-dealkylation sites (N-methyl/N-ethyl adjacent to an activating group) is 1. The first-order chi connectivity index (χ1) is 22.5. The van der Waals surface area contributed by atoms with Gasteiger partial charge < -0.3 is 34.9 Å². The van der Waals surface area contributed by atoms with Gasteiger partial charge in [-0.2, -0.15) is 0 Å². The summed E-state index contributed by atoms with van der Waals surface area (Å²) in [4.78, 5) is 57.5. The third-order valence-electron chi connectivity index (χ3n) is 10.2. The molecule has 2 fully saturated rings. The van der Waals surface area contributed by atoms with Gasteiger partial charge in [0.15, 0.2) is 0 Å². The van der Waals surface area contributed by atoms with Gasteiger partial charge in [0.2, 0.25) is 17.7 Å². The SMILES string of the molecule is CCC(=O)N[C@@H](C(=O)N1CCN(C)CC1)[C@@H](C)c1ccc(NC(=O)[C@](C)(NC(=O)c2coc3c2COC3)C2CCCCCC2)c(F)c1. The van der Waals surface area contributed by atoms with Gasteiger partial charge in [0, 0.05) is 44.1 Å². The molecule has 3 aliphatic rings. The predicted molar refractivity (Wildman–Crippen MR) is 174 cm³/mol. The minimum Gasteiger partial charge on any atom is -0.466 e. The Labute approximate surface area is 275 Å². The lowest BCUT2D eigenvalue weighted by atomic mass is 9.79. The van der Waals surface area contributed by atoms with Gasteiger partial charge in [-0.1, -0.05) is 45.6 Å². The van der Waals surface area contributed by atoms with Crippen LogP contribution < -0.4 is 16.0 Å². The average molecular weight is 654 g/mol. The van der Waals surface area contributed by atoms with Gasteiger partial charge in [0.05, 0.1) is 17.9 Å². The first-order valence-corrected chi connectivity index (χ1v) is 16.9. The number of halogens is 1. The van der Waals surface area contributed by atoms with Crippen molar-refractivity contribution in [1.29, 1.82) is 0 Å². The van der Waals surface area contributed by atoms with Crippen molar-refractivity contribution < 1.29 is 32.7 Å². The van der Waals surface area contributed by atoms with Crippen LogP contribution in [0.5, 0.6) is 0 Å². The smallest absolute Gasteiger partial charge is 0.255 e. The van der Waals surface area contributed by atoms with E-state index < -0.39 is 35.1 Å². The third kappa shape index (κ3) is 7.70. The van der Waals surface area contributed by atoms with Crippen LogP contribution in [0.4, 0.5) is 10.1 Å². The van der Waals surface area contributed by atoms with Crippen molar-refractivity contribution in [1.82, 2.24) is 20.4 Å². The fourth-order valence-corrected chi connectivity index (χ4v) is 6.90. The molecule has 3 atom stereocenters. The summed E-state index contributed by atoms with van der Waals surface area (Å²) < 4.78 is 26.7. The summed E-state index contributed by atoms with van der Waals surface area (Å²) in [5.41, 5.74) is 0.179. The number of hydrogen-bond donors (Lipinski definition) is 3. The van der Waals surface area contributed by atoms with Crippen LogP contribution in [0.15, 0.2) is 28.9 Å². The van der Waals surface area contributed by atoms with Crippen molar-refractivity contribution in [2.24, 2.45) is 5.92 Å². The topological polar surface area (TPSA) is 133 Å². The molecule has 12 heteroatoms. The maximum absolute atomic E-state index is 15.8. The Morgan fingerprint density at radius 3 is 2.40 bits per heavy atom. The molecular weight excluding hydrogens is 605 g/mol. The number of piperazine rings is 1. The second-order valence-corrected chi connectivity index (χ2v) is 13.4. The van der Waals surface area contributed by atoms with E-state index in [4.69, 9.17) is 9.15 Å². The molecule has 1 aliphatic carbocycles. The Kier molecular flexibility index (Phi) is 11.0. The van der Waals surface area contributed by atoms with Crippen molar-refractivity contribution in [3.8, 4) is 0 Å². The van der Waals surface area contributed by atoms with E-state index in [1.807, 2.05) is 7.05 Å². The maximum Gasteiger partial charge on any atom is 0.255 e. The molecule has 0 radical (unpaired) electrons. The van der Waals surface area contributed by atoms with Crippen molar-refractivity contribution in [3.05, 3.63) is 52.7 Å². The van der Waals surface area contributed by atoms with Gasteiger partial charge in [0.25, 0.3) is 5.91 Å². The zero-order valence-corrected chi connectivity index (χ0v) is 28.0. The van der Waals surface area contributed by atoms with Crippen LogP contribution in [-0.2, 0) is 32.3 Å². The number of furan rings is 1. The summed E-state index contributed by atoms with van der Waals surface area (Å²) in [6.07, 6.45) is 7.09. The van der Waals surface area contributed by atoms with Crippen molar-refractivity contribution in [2.45, 2.75) is 96.4 Å². The van der Waals surface area contributed by atoms with Crippen molar-refractivity contribution in [2.75, 3.05) is 38.5 Å².